The van der Waals surface area contributed by atoms with E-state index in [9.17, 15) is 9.18 Å². The van der Waals surface area contributed by atoms with Crippen molar-refractivity contribution in [2.75, 3.05) is 5.73 Å². The Morgan fingerprint density at radius 1 is 1.50 bits per heavy atom. The molecular weight excluding hydrogens is 255 g/mol. The van der Waals surface area contributed by atoms with Crippen molar-refractivity contribution < 1.29 is 9.18 Å². The van der Waals surface area contributed by atoms with Crippen LogP contribution in [0.1, 0.15) is 20.2 Å². The summed E-state index contributed by atoms with van der Waals surface area (Å²) in [6.45, 7) is 2.21. The van der Waals surface area contributed by atoms with E-state index < -0.39 is 11.7 Å². The Bertz CT molecular complexity index is 584. The van der Waals surface area contributed by atoms with E-state index in [-0.39, 0.29) is 17.9 Å². The number of halogens is 1. The summed E-state index contributed by atoms with van der Waals surface area (Å²) in [5, 5.41) is 3.40. The average molecular weight is 266 g/mol. The van der Waals surface area contributed by atoms with E-state index in [2.05, 4.69) is 15.3 Å². The number of thiazole rings is 1. The highest BCUT2D eigenvalue weighted by molar-refractivity contribution is 7.11. The number of nitrogens with one attached hydrogen (secondary N) is 1. The fourth-order valence-corrected chi connectivity index (χ4v) is 2.09. The van der Waals surface area contributed by atoms with E-state index in [1.807, 2.05) is 6.92 Å². The maximum atomic E-state index is 13.0. The number of nitrogen functional groups attached to an aromatic ring is 1. The number of nitrogens with two attached hydrogens (primary N) is 1. The molecule has 0 bridgehead atoms. The molecule has 5 nitrogen and oxygen atoms in total. The minimum Gasteiger partial charge on any atom is -0.383 e. The topological polar surface area (TPSA) is 80.9 Å². The molecular formula is C11H11FN4OS. The number of carbonyl (C=O) groups excluding carboxylic acids is 1. The Labute approximate surface area is 107 Å². The first kappa shape index (κ1) is 12.4. The van der Waals surface area contributed by atoms with E-state index >= 15 is 0 Å². The summed E-state index contributed by atoms with van der Waals surface area (Å²) in [7, 11) is 0. The van der Waals surface area contributed by atoms with E-state index in [0.717, 1.165) is 22.1 Å². The first-order valence-electron chi connectivity index (χ1n) is 5.17. The predicted molar refractivity (Wildman–Crippen MR) is 66.6 cm³/mol. The van der Waals surface area contributed by atoms with Crippen LogP contribution in [0.5, 0.6) is 0 Å². The first-order chi connectivity index (χ1) is 8.56. The van der Waals surface area contributed by atoms with Gasteiger partial charge in [-0.05, 0) is 13.0 Å². The Morgan fingerprint density at radius 3 is 2.94 bits per heavy atom. The lowest BCUT2D eigenvalue weighted by molar-refractivity contribution is 0.0951. The van der Waals surface area contributed by atoms with Crippen molar-refractivity contribution >= 4 is 23.1 Å². The fourth-order valence-electron chi connectivity index (χ4n) is 1.37. The van der Waals surface area contributed by atoms with E-state index in [1.165, 1.54) is 11.3 Å². The Hall–Kier alpha value is -2.02. The van der Waals surface area contributed by atoms with Crippen molar-refractivity contribution in [2.24, 2.45) is 0 Å². The lowest BCUT2D eigenvalue weighted by atomic mass is 10.2. The molecule has 0 spiro atoms. The smallest absolute Gasteiger partial charge is 0.255 e. The number of aryl methyl sites for hydroxylation is 1. The van der Waals surface area contributed by atoms with Crippen molar-refractivity contribution in [2.45, 2.75) is 13.5 Å². The maximum absolute atomic E-state index is 13.0. The average Bonchev–Trinajstić information content (AvgIpc) is 2.75. The molecule has 18 heavy (non-hydrogen) atoms. The number of pyridine rings is 1. The zero-order valence-corrected chi connectivity index (χ0v) is 10.4. The molecule has 0 atom stereocenters. The van der Waals surface area contributed by atoms with Crippen LogP contribution in [0.2, 0.25) is 0 Å². The van der Waals surface area contributed by atoms with Crippen LogP contribution in [0.4, 0.5) is 10.2 Å². The molecule has 0 aliphatic carbocycles. The molecule has 94 valence electrons. The summed E-state index contributed by atoms with van der Waals surface area (Å²) in [6, 6.07) is 1.06. The lowest BCUT2D eigenvalue weighted by Crippen LogP contribution is -2.24. The van der Waals surface area contributed by atoms with Gasteiger partial charge >= 0.3 is 0 Å². The van der Waals surface area contributed by atoms with Crippen molar-refractivity contribution in [3.05, 3.63) is 39.7 Å². The molecule has 0 radical (unpaired) electrons. The van der Waals surface area contributed by atoms with Gasteiger partial charge in [0, 0.05) is 11.1 Å². The van der Waals surface area contributed by atoms with Crippen molar-refractivity contribution in [1.29, 1.82) is 0 Å². The molecule has 0 aromatic carbocycles. The van der Waals surface area contributed by atoms with Gasteiger partial charge in [0.2, 0.25) is 0 Å². The number of aromatic nitrogens is 2. The van der Waals surface area contributed by atoms with Crippen LogP contribution in [0.25, 0.3) is 0 Å². The van der Waals surface area contributed by atoms with Crippen molar-refractivity contribution in [3.63, 3.8) is 0 Å². The van der Waals surface area contributed by atoms with Gasteiger partial charge in [0.15, 0.2) is 0 Å². The highest BCUT2D eigenvalue weighted by Crippen LogP contribution is 2.12. The van der Waals surface area contributed by atoms with Crippen LogP contribution in [-0.4, -0.2) is 15.9 Å². The second kappa shape index (κ2) is 5.09. The number of hydrogen-bond donors (Lipinski definition) is 2. The third-order valence-corrected chi connectivity index (χ3v) is 3.11. The molecule has 0 aliphatic heterocycles. The molecule has 0 saturated heterocycles. The molecule has 2 aromatic heterocycles. The summed E-state index contributed by atoms with van der Waals surface area (Å²) in [4.78, 5) is 20.5. The molecule has 7 heteroatoms. The number of hydrogen-bond acceptors (Lipinski definition) is 5. The molecule has 1 amide bonds. The van der Waals surface area contributed by atoms with Crippen LogP contribution >= 0.6 is 11.3 Å². The van der Waals surface area contributed by atoms with Crippen LogP contribution < -0.4 is 11.1 Å². The van der Waals surface area contributed by atoms with Gasteiger partial charge < -0.3 is 11.1 Å². The summed E-state index contributed by atoms with van der Waals surface area (Å²) < 4.78 is 13.0. The van der Waals surface area contributed by atoms with Gasteiger partial charge in [-0.1, -0.05) is 0 Å². The fraction of sp³-hybridized carbons (Fsp3) is 0.182. The van der Waals surface area contributed by atoms with Gasteiger partial charge in [-0.3, -0.25) is 4.79 Å². The molecule has 2 heterocycles. The highest BCUT2D eigenvalue weighted by atomic mass is 32.1. The summed E-state index contributed by atoms with van der Waals surface area (Å²) in [6.07, 6.45) is 2.69. The van der Waals surface area contributed by atoms with E-state index in [0.29, 0.717) is 0 Å². The van der Waals surface area contributed by atoms with Gasteiger partial charge in [-0.2, -0.15) is 0 Å². The second-order valence-corrected chi connectivity index (χ2v) is 4.95. The maximum Gasteiger partial charge on any atom is 0.255 e. The molecule has 0 aliphatic rings. The van der Waals surface area contributed by atoms with Gasteiger partial charge in [-0.15, -0.1) is 11.3 Å². The van der Waals surface area contributed by atoms with Crippen LogP contribution in [0, 0.1) is 12.7 Å². The Kier molecular flexibility index (Phi) is 3.52. The Morgan fingerprint density at radius 2 is 2.28 bits per heavy atom. The standard InChI is InChI=1S/C11H11FN4OS/c1-6-3-14-9(18-6)5-16-11(17)8-2-7(12)4-15-10(8)13/h2-4H,5H2,1H3,(H2,13,15)(H,16,17). The summed E-state index contributed by atoms with van der Waals surface area (Å²) in [5.41, 5.74) is 5.54. The minimum absolute atomic E-state index is 0.00391. The molecule has 2 rings (SSSR count). The normalized spacial score (nSPS) is 10.3. The van der Waals surface area contributed by atoms with Crippen LogP contribution in [0.15, 0.2) is 18.5 Å². The molecule has 0 fully saturated rings. The largest absolute Gasteiger partial charge is 0.383 e. The second-order valence-electron chi connectivity index (χ2n) is 3.63. The van der Waals surface area contributed by atoms with Crippen molar-refractivity contribution in [3.8, 4) is 0 Å². The quantitative estimate of drug-likeness (QED) is 0.882. The first-order valence-corrected chi connectivity index (χ1v) is 5.98. The van der Waals surface area contributed by atoms with E-state index in [1.54, 1.807) is 6.20 Å². The number of amides is 1. The monoisotopic (exact) mass is 266 g/mol. The molecule has 3 N–H and O–H groups in total. The Balaban J connectivity index is 2.05. The van der Waals surface area contributed by atoms with E-state index in [4.69, 9.17) is 5.73 Å². The van der Waals surface area contributed by atoms with Crippen LogP contribution in [-0.2, 0) is 6.54 Å². The number of rotatable bonds is 3. The predicted octanol–water partition coefficient (Wildman–Crippen LogP) is 1.50. The van der Waals surface area contributed by atoms with Crippen molar-refractivity contribution in [1.82, 2.24) is 15.3 Å². The van der Waals surface area contributed by atoms with Gasteiger partial charge in [0.25, 0.3) is 5.91 Å². The highest BCUT2D eigenvalue weighted by Gasteiger charge is 2.12. The molecule has 0 saturated carbocycles. The molecule has 2 aromatic rings. The minimum atomic E-state index is -0.598. The lowest BCUT2D eigenvalue weighted by Gasteiger charge is -2.05. The molecule has 0 unspecified atom stereocenters. The zero-order valence-electron chi connectivity index (χ0n) is 9.61. The summed E-state index contributed by atoms with van der Waals surface area (Å²) in [5.74, 6) is -1.06. The van der Waals surface area contributed by atoms with Crippen LogP contribution in [0.3, 0.4) is 0 Å². The number of carbonyl (C=O) groups is 1. The van der Waals surface area contributed by atoms with Gasteiger partial charge in [-0.25, -0.2) is 14.4 Å². The SMILES string of the molecule is Cc1cnc(CNC(=O)c2cc(F)cnc2N)s1. The van der Waals surface area contributed by atoms with Gasteiger partial charge in [0.1, 0.15) is 16.6 Å². The summed E-state index contributed by atoms with van der Waals surface area (Å²) >= 11 is 1.49. The number of nitrogens with zero attached hydrogens (tertiary/aromatic N) is 2. The third kappa shape index (κ3) is 2.80. The van der Waals surface area contributed by atoms with Gasteiger partial charge in [0.05, 0.1) is 18.3 Å². The third-order valence-electron chi connectivity index (χ3n) is 2.20. The number of anilines is 1. The zero-order chi connectivity index (χ0) is 13.1.